The second kappa shape index (κ2) is 8.01. The van der Waals surface area contributed by atoms with Crippen molar-refractivity contribution in [1.29, 1.82) is 0 Å². The van der Waals surface area contributed by atoms with Gasteiger partial charge in [0.05, 0.1) is 11.0 Å². The van der Waals surface area contributed by atoms with Gasteiger partial charge in [-0.1, -0.05) is 18.2 Å². The number of fused-ring (bicyclic) bond motifs is 4. The summed E-state index contributed by atoms with van der Waals surface area (Å²) in [6, 6.07) is 15.2. The molecule has 2 aromatic carbocycles. The first kappa shape index (κ1) is 19.7. The van der Waals surface area contributed by atoms with Gasteiger partial charge in [-0.3, -0.25) is 0 Å². The number of pyridine rings is 1. The molecule has 4 rings (SSSR count). The van der Waals surface area contributed by atoms with Crippen LogP contribution in [0.5, 0.6) is 0 Å². The molecule has 0 saturated carbocycles. The average molecular weight is 390 g/mol. The molecule has 5 nitrogen and oxygen atoms in total. The Kier molecular flexibility index (Phi) is 5.43. The van der Waals surface area contributed by atoms with Crippen LogP contribution in [0.1, 0.15) is 5.56 Å². The van der Waals surface area contributed by atoms with Crippen molar-refractivity contribution in [2.24, 2.45) is 0 Å². The first-order valence-corrected chi connectivity index (χ1v) is 10.3. The summed E-state index contributed by atoms with van der Waals surface area (Å²) in [7, 11) is 8.43. The van der Waals surface area contributed by atoms with Crippen molar-refractivity contribution in [3.8, 4) is 0 Å². The summed E-state index contributed by atoms with van der Waals surface area (Å²) >= 11 is 0. The van der Waals surface area contributed by atoms with E-state index in [0.717, 1.165) is 43.0 Å². The zero-order chi connectivity index (χ0) is 20.5. The Hall–Kier alpha value is -2.63. The lowest BCUT2D eigenvalue weighted by atomic mass is 10.0. The molecule has 0 fully saturated rings. The molecule has 0 amide bonds. The van der Waals surface area contributed by atoms with Crippen LogP contribution in [0.4, 0.5) is 5.69 Å². The SMILES string of the molecule is Cc1c2cc(NCCN(C)C)ccc2nc2c1c1ccccc1n2CCN(C)C. The largest absolute Gasteiger partial charge is 0.384 e. The molecular formula is C24H31N5. The van der Waals surface area contributed by atoms with Gasteiger partial charge in [0.1, 0.15) is 5.65 Å². The summed E-state index contributed by atoms with van der Waals surface area (Å²) in [5.41, 5.74) is 5.87. The minimum atomic E-state index is 0.928. The summed E-state index contributed by atoms with van der Waals surface area (Å²) in [5, 5.41) is 7.33. The molecule has 29 heavy (non-hydrogen) atoms. The minimum Gasteiger partial charge on any atom is -0.384 e. The van der Waals surface area contributed by atoms with Gasteiger partial charge in [-0.15, -0.1) is 0 Å². The van der Waals surface area contributed by atoms with Crippen LogP contribution >= 0.6 is 0 Å². The fraction of sp³-hybridized carbons (Fsp3) is 0.375. The van der Waals surface area contributed by atoms with Crippen LogP contribution in [-0.2, 0) is 6.54 Å². The predicted molar refractivity (Wildman–Crippen MR) is 125 cm³/mol. The van der Waals surface area contributed by atoms with Crippen molar-refractivity contribution in [2.75, 3.05) is 53.1 Å². The summed E-state index contributed by atoms with van der Waals surface area (Å²) in [4.78, 5) is 9.52. The number of aromatic nitrogens is 2. The summed E-state index contributed by atoms with van der Waals surface area (Å²) in [6.45, 7) is 6.09. The van der Waals surface area contributed by atoms with Crippen molar-refractivity contribution < 1.29 is 0 Å². The number of hydrogen-bond acceptors (Lipinski definition) is 4. The fourth-order valence-corrected chi connectivity index (χ4v) is 4.02. The number of nitrogens with one attached hydrogen (secondary N) is 1. The zero-order valence-corrected chi connectivity index (χ0v) is 18.2. The molecule has 0 spiro atoms. The van der Waals surface area contributed by atoms with E-state index in [2.05, 4.69) is 97.3 Å². The maximum Gasteiger partial charge on any atom is 0.142 e. The number of para-hydroxylation sites is 1. The summed E-state index contributed by atoms with van der Waals surface area (Å²) in [6.07, 6.45) is 0. The van der Waals surface area contributed by atoms with Crippen molar-refractivity contribution in [3.63, 3.8) is 0 Å². The summed E-state index contributed by atoms with van der Waals surface area (Å²) in [5.74, 6) is 0. The third-order valence-corrected chi connectivity index (χ3v) is 5.60. The van der Waals surface area contributed by atoms with E-state index in [1.807, 2.05) is 0 Å². The molecule has 0 saturated heterocycles. The number of likely N-dealkylation sites (N-methyl/N-ethyl adjacent to an activating group) is 2. The number of nitrogens with zero attached hydrogens (tertiary/aromatic N) is 4. The molecule has 0 unspecified atom stereocenters. The van der Waals surface area contributed by atoms with Crippen LogP contribution < -0.4 is 5.32 Å². The highest BCUT2D eigenvalue weighted by Gasteiger charge is 2.16. The van der Waals surface area contributed by atoms with Gasteiger partial charge in [0.25, 0.3) is 0 Å². The number of hydrogen-bond donors (Lipinski definition) is 1. The molecule has 0 atom stereocenters. The molecule has 0 bridgehead atoms. The molecule has 0 aliphatic carbocycles. The first-order chi connectivity index (χ1) is 14.0. The van der Waals surface area contributed by atoms with Gasteiger partial charge < -0.3 is 19.7 Å². The van der Waals surface area contributed by atoms with Crippen molar-refractivity contribution in [1.82, 2.24) is 19.4 Å². The van der Waals surface area contributed by atoms with E-state index in [1.165, 1.54) is 27.2 Å². The van der Waals surface area contributed by atoms with Crippen LogP contribution in [0.25, 0.3) is 32.8 Å². The minimum absolute atomic E-state index is 0.928. The topological polar surface area (TPSA) is 36.3 Å². The fourth-order valence-electron chi connectivity index (χ4n) is 4.02. The summed E-state index contributed by atoms with van der Waals surface area (Å²) < 4.78 is 2.38. The first-order valence-electron chi connectivity index (χ1n) is 10.3. The van der Waals surface area contributed by atoms with Crippen LogP contribution in [-0.4, -0.2) is 67.2 Å². The molecular weight excluding hydrogens is 358 g/mol. The van der Waals surface area contributed by atoms with Gasteiger partial charge in [0.2, 0.25) is 0 Å². The average Bonchev–Trinajstić information content (AvgIpc) is 3.00. The Labute approximate surface area is 172 Å². The lowest BCUT2D eigenvalue weighted by Crippen LogP contribution is -2.20. The van der Waals surface area contributed by atoms with E-state index < -0.39 is 0 Å². The molecule has 5 heteroatoms. The van der Waals surface area contributed by atoms with Gasteiger partial charge in [0, 0.05) is 48.0 Å². The second-order valence-electron chi connectivity index (χ2n) is 8.37. The van der Waals surface area contributed by atoms with E-state index >= 15 is 0 Å². The maximum absolute atomic E-state index is 5.11. The quantitative estimate of drug-likeness (QED) is 0.514. The number of rotatable bonds is 7. The van der Waals surface area contributed by atoms with Gasteiger partial charge in [-0.2, -0.15) is 0 Å². The molecule has 0 aliphatic heterocycles. The van der Waals surface area contributed by atoms with Crippen LogP contribution in [0.2, 0.25) is 0 Å². The van der Waals surface area contributed by atoms with Crippen LogP contribution in [0, 0.1) is 6.92 Å². The molecule has 2 aromatic heterocycles. The molecule has 2 heterocycles. The van der Waals surface area contributed by atoms with Crippen molar-refractivity contribution in [3.05, 3.63) is 48.0 Å². The smallest absolute Gasteiger partial charge is 0.142 e. The van der Waals surface area contributed by atoms with Crippen LogP contribution in [0.15, 0.2) is 42.5 Å². The zero-order valence-electron chi connectivity index (χ0n) is 18.2. The molecule has 1 N–H and O–H groups in total. The second-order valence-corrected chi connectivity index (χ2v) is 8.37. The monoisotopic (exact) mass is 389 g/mol. The maximum atomic E-state index is 5.11. The van der Waals surface area contributed by atoms with Crippen LogP contribution in [0.3, 0.4) is 0 Å². The standard InChI is InChI=1S/C24H31N5/c1-17-20-16-18(25-12-13-27(2)3)10-11-21(20)26-24-23(17)19-8-6-7-9-22(19)29(24)15-14-28(4)5/h6-11,16,25H,12-15H2,1-5H3. The van der Waals surface area contributed by atoms with Crippen molar-refractivity contribution >= 4 is 38.5 Å². The van der Waals surface area contributed by atoms with Crippen molar-refractivity contribution in [2.45, 2.75) is 13.5 Å². The molecule has 152 valence electrons. The Morgan fingerprint density at radius 2 is 1.69 bits per heavy atom. The lowest BCUT2D eigenvalue weighted by Gasteiger charge is -2.14. The Bertz CT molecular complexity index is 1160. The third kappa shape index (κ3) is 3.80. The van der Waals surface area contributed by atoms with E-state index in [-0.39, 0.29) is 0 Å². The molecule has 0 aliphatic rings. The van der Waals surface area contributed by atoms with Gasteiger partial charge in [-0.25, -0.2) is 4.98 Å². The highest BCUT2D eigenvalue weighted by Crippen LogP contribution is 2.34. The molecule has 0 radical (unpaired) electrons. The van der Waals surface area contributed by atoms with E-state index in [1.54, 1.807) is 0 Å². The number of aryl methyl sites for hydroxylation is 1. The van der Waals surface area contributed by atoms with Gasteiger partial charge in [0.15, 0.2) is 0 Å². The highest BCUT2D eigenvalue weighted by molar-refractivity contribution is 6.12. The Balaban J connectivity index is 1.86. The Morgan fingerprint density at radius 1 is 0.931 bits per heavy atom. The van der Waals surface area contributed by atoms with E-state index in [0.29, 0.717) is 0 Å². The third-order valence-electron chi connectivity index (χ3n) is 5.60. The normalized spacial score (nSPS) is 12.1. The van der Waals surface area contributed by atoms with E-state index in [4.69, 9.17) is 4.98 Å². The van der Waals surface area contributed by atoms with Gasteiger partial charge >= 0.3 is 0 Å². The molecule has 4 aromatic rings. The number of benzene rings is 2. The predicted octanol–water partition coefficient (Wildman–Crippen LogP) is 4.19. The lowest BCUT2D eigenvalue weighted by molar-refractivity contribution is 0.389. The van der Waals surface area contributed by atoms with Gasteiger partial charge in [-0.05, 0) is 64.9 Å². The number of anilines is 1. The highest BCUT2D eigenvalue weighted by atomic mass is 15.1. The Morgan fingerprint density at radius 3 is 2.45 bits per heavy atom. The van der Waals surface area contributed by atoms with E-state index in [9.17, 15) is 0 Å².